The van der Waals surface area contributed by atoms with Crippen LogP contribution in [-0.4, -0.2) is 22.6 Å². The molecule has 2 fully saturated rings. The van der Waals surface area contributed by atoms with Crippen molar-refractivity contribution in [2.24, 2.45) is 0 Å². The third kappa shape index (κ3) is 1.94. The van der Waals surface area contributed by atoms with Crippen LogP contribution in [0.2, 0.25) is 0 Å². The van der Waals surface area contributed by atoms with Crippen molar-refractivity contribution in [3.05, 3.63) is 35.9 Å². The number of hydrogen-bond acceptors (Lipinski definition) is 2. The molecule has 2 saturated heterocycles. The Hall–Kier alpha value is -1.64. The van der Waals surface area contributed by atoms with Gasteiger partial charge in [0.25, 0.3) is 0 Å². The average molecular weight is 243 g/mol. The van der Waals surface area contributed by atoms with Gasteiger partial charge in [0, 0.05) is 25.3 Å². The average Bonchev–Trinajstić information content (AvgIpc) is 2.39. The van der Waals surface area contributed by atoms with Gasteiger partial charge in [0.15, 0.2) is 0 Å². The minimum Gasteiger partial charge on any atom is -0.332 e. The lowest BCUT2D eigenvalue weighted by molar-refractivity contribution is -0.145. The van der Waals surface area contributed by atoms with E-state index in [4.69, 9.17) is 0 Å². The number of amides is 1. The number of Topliss-reactive ketones (excluding diaryl/α,β-unsaturated/α-hetero) is 1. The molecule has 0 bridgehead atoms. The predicted molar refractivity (Wildman–Crippen MR) is 67.9 cm³/mol. The molecule has 0 spiro atoms. The Kier molecular flexibility index (Phi) is 2.90. The van der Waals surface area contributed by atoms with Gasteiger partial charge in [-0.15, -0.1) is 0 Å². The van der Waals surface area contributed by atoms with Crippen molar-refractivity contribution in [2.45, 2.75) is 44.2 Å². The maximum atomic E-state index is 12.1. The number of piperidine rings is 2. The van der Waals surface area contributed by atoms with Crippen LogP contribution in [0.5, 0.6) is 0 Å². The second-order valence-electron chi connectivity index (χ2n) is 5.22. The molecule has 2 heterocycles. The monoisotopic (exact) mass is 243 g/mol. The highest BCUT2D eigenvalue weighted by Crippen LogP contribution is 2.37. The van der Waals surface area contributed by atoms with E-state index in [0.717, 1.165) is 18.4 Å². The van der Waals surface area contributed by atoms with E-state index in [1.54, 1.807) is 0 Å². The lowest BCUT2D eigenvalue weighted by Crippen LogP contribution is -2.50. The van der Waals surface area contributed by atoms with E-state index in [-0.39, 0.29) is 18.0 Å². The summed E-state index contributed by atoms with van der Waals surface area (Å²) in [4.78, 5) is 26.0. The van der Waals surface area contributed by atoms with Crippen molar-refractivity contribution >= 4 is 11.7 Å². The van der Waals surface area contributed by atoms with Crippen molar-refractivity contribution in [1.82, 2.24) is 4.90 Å². The normalized spacial score (nSPS) is 28.1. The van der Waals surface area contributed by atoms with Gasteiger partial charge in [-0.1, -0.05) is 30.3 Å². The fourth-order valence-corrected chi connectivity index (χ4v) is 3.20. The molecule has 3 heteroatoms. The fraction of sp³-hybridized carbons (Fsp3) is 0.467. The molecule has 0 aliphatic carbocycles. The smallest absolute Gasteiger partial charge is 0.223 e. The zero-order chi connectivity index (χ0) is 12.5. The minimum absolute atomic E-state index is 0.0368. The maximum Gasteiger partial charge on any atom is 0.223 e. The molecule has 1 amide bonds. The number of fused-ring (bicyclic) bond motifs is 1. The Bertz CT molecular complexity index is 469. The van der Waals surface area contributed by atoms with E-state index in [0.29, 0.717) is 25.0 Å². The standard InChI is InChI=1S/C15H17NO2/c17-13-9-12-7-4-8-15(18)16(12)14(10-13)11-5-2-1-3-6-11/h1-3,5-6,12,14H,4,7-10H2/t12-,14+/m0/s1. The molecule has 2 aliphatic heterocycles. The van der Waals surface area contributed by atoms with Crippen LogP contribution in [0.1, 0.15) is 43.7 Å². The van der Waals surface area contributed by atoms with Crippen LogP contribution >= 0.6 is 0 Å². The lowest BCUT2D eigenvalue weighted by atomic mass is 9.85. The number of hydrogen-bond donors (Lipinski definition) is 0. The molecular weight excluding hydrogens is 226 g/mol. The molecule has 0 N–H and O–H groups in total. The topological polar surface area (TPSA) is 37.4 Å². The molecule has 0 radical (unpaired) electrons. The van der Waals surface area contributed by atoms with Crippen LogP contribution in [0, 0.1) is 0 Å². The first-order valence-electron chi connectivity index (χ1n) is 6.63. The van der Waals surface area contributed by atoms with Gasteiger partial charge in [-0.05, 0) is 18.4 Å². The van der Waals surface area contributed by atoms with Crippen molar-refractivity contribution < 1.29 is 9.59 Å². The van der Waals surface area contributed by atoms with Crippen molar-refractivity contribution in [1.29, 1.82) is 0 Å². The molecule has 18 heavy (non-hydrogen) atoms. The Morgan fingerprint density at radius 3 is 2.61 bits per heavy atom. The van der Waals surface area contributed by atoms with Crippen LogP contribution in [0.25, 0.3) is 0 Å². The first kappa shape index (κ1) is 11.5. The number of carbonyl (C=O) groups is 2. The molecule has 2 aliphatic rings. The molecule has 0 unspecified atom stereocenters. The van der Waals surface area contributed by atoms with Gasteiger partial charge in [0.1, 0.15) is 5.78 Å². The van der Waals surface area contributed by atoms with Gasteiger partial charge >= 0.3 is 0 Å². The predicted octanol–water partition coefficient (Wildman–Crippen LogP) is 2.47. The van der Waals surface area contributed by atoms with Crippen molar-refractivity contribution in [3.8, 4) is 0 Å². The summed E-state index contributed by atoms with van der Waals surface area (Å²) < 4.78 is 0. The van der Waals surface area contributed by atoms with E-state index in [1.165, 1.54) is 0 Å². The van der Waals surface area contributed by atoms with Gasteiger partial charge in [0.05, 0.1) is 6.04 Å². The number of nitrogens with zero attached hydrogens (tertiary/aromatic N) is 1. The summed E-state index contributed by atoms with van der Waals surface area (Å²) in [7, 11) is 0. The van der Waals surface area contributed by atoms with Crippen LogP contribution in [0.3, 0.4) is 0 Å². The first-order chi connectivity index (χ1) is 8.75. The zero-order valence-corrected chi connectivity index (χ0v) is 10.3. The summed E-state index contributed by atoms with van der Waals surface area (Å²) in [5, 5.41) is 0. The Morgan fingerprint density at radius 1 is 1.06 bits per heavy atom. The molecule has 3 nitrogen and oxygen atoms in total. The fourth-order valence-electron chi connectivity index (χ4n) is 3.20. The van der Waals surface area contributed by atoms with Gasteiger partial charge in [-0.25, -0.2) is 0 Å². The van der Waals surface area contributed by atoms with Crippen molar-refractivity contribution in [3.63, 3.8) is 0 Å². The second-order valence-corrected chi connectivity index (χ2v) is 5.22. The molecule has 0 aromatic heterocycles. The van der Waals surface area contributed by atoms with E-state index in [1.807, 2.05) is 35.2 Å². The van der Waals surface area contributed by atoms with E-state index < -0.39 is 0 Å². The van der Waals surface area contributed by atoms with Crippen LogP contribution in [-0.2, 0) is 9.59 Å². The molecule has 2 atom stereocenters. The highest BCUT2D eigenvalue weighted by Gasteiger charge is 2.40. The van der Waals surface area contributed by atoms with Gasteiger partial charge in [-0.2, -0.15) is 0 Å². The van der Waals surface area contributed by atoms with Crippen LogP contribution < -0.4 is 0 Å². The van der Waals surface area contributed by atoms with E-state index in [2.05, 4.69) is 0 Å². The molecule has 1 aromatic rings. The summed E-state index contributed by atoms with van der Waals surface area (Å²) in [5.41, 5.74) is 1.09. The first-order valence-corrected chi connectivity index (χ1v) is 6.63. The van der Waals surface area contributed by atoms with Gasteiger partial charge < -0.3 is 4.90 Å². The molecule has 0 saturated carbocycles. The van der Waals surface area contributed by atoms with Gasteiger partial charge in [-0.3, -0.25) is 9.59 Å². The number of carbonyl (C=O) groups excluding carboxylic acids is 2. The van der Waals surface area contributed by atoms with Gasteiger partial charge in [0.2, 0.25) is 5.91 Å². The second kappa shape index (κ2) is 4.56. The summed E-state index contributed by atoms with van der Waals surface area (Å²) in [6.45, 7) is 0. The third-order valence-electron chi connectivity index (χ3n) is 4.01. The Morgan fingerprint density at radius 2 is 1.83 bits per heavy atom. The number of benzene rings is 1. The summed E-state index contributed by atoms with van der Waals surface area (Å²) in [5.74, 6) is 0.507. The summed E-state index contributed by atoms with van der Waals surface area (Å²) in [6, 6.07) is 10.0. The Balaban J connectivity index is 1.95. The molecule has 94 valence electrons. The highest BCUT2D eigenvalue weighted by molar-refractivity contribution is 5.85. The minimum atomic E-state index is -0.0368. The lowest BCUT2D eigenvalue weighted by Gasteiger charge is -2.44. The summed E-state index contributed by atoms with van der Waals surface area (Å²) >= 11 is 0. The maximum absolute atomic E-state index is 12.1. The number of rotatable bonds is 1. The quantitative estimate of drug-likeness (QED) is 0.760. The van der Waals surface area contributed by atoms with Crippen LogP contribution in [0.4, 0.5) is 0 Å². The number of ketones is 1. The molecule has 3 rings (SSSR count). The Labute approximate surface area is 107 Å². The SMILES string of the molecule is O=C1C[C@@H]2CCCC(=O)N2[C@@H](c2ccccc2)C1. The molecular formula is C15H17NO2. The van der Waals surface area contributed by atoms with E-state index >= 15 is 0 Å². The van der Waals surface area contributed by atoms with Crippen LogP contribution in [0.15, 0.2) is 30.3 Å². The van der Waals surface area contributed by atoms with E-state index in [9.17, 15) is 9.59 Å². The largest absolute Gasteiger partial charge is 0.332 e. The summed E-state index contributed by atoms with van der Waals surface area (Å²) in [6.07, 6.45) is 3.56. The third-order valence-corrected chi connectivity index (χ3v) is 4.01. The zero-order valence-electron chi connectivity index (χ0n) is 10.3. The highest BCUT2D eigenvalue weighted by atomic mass is 16.2. The molecule has 1 aromatic carbocycles. The van der Waals surface area contributed by atoms with Crippen molar-refractivity contribution in [2.75, 3.05) is 0 Å².